The van der Waals surface area contributed by atoms with Crippen molar-refractivity contribution in [2.24, 2.45) is 0 Å². The number of sulfonamides is 1. The highest BCUT2D eigenvalue weighted by Crippen LogP contribution is 2.27. The van der Waals surface area contributed by atoms with Gasteiger partial charge in [0, 0.05) is 18.1 Å². The van der Waals surface area contributed by atoms with E-state index in [0.29, 0.717) is 12.1 Å². The van der Waals surface area contributed by atoms with Gasteiger partial charge in [-0.3, -0.25) is 4.79 Å². The molecule has 2 saturated heterocycles. The van der Waals surface area contributed by atoms with Crippen LogP contribution in [0.2, 0.25) is 0 Å². The first-order valence-corrected chi connectivity index (χ1v) is 8.55. The molecule has 2 aliphatic heterocycles. The average Bonchev–Trinajstić information content (AvgIpc) is 2.66. The number of rotatable bonds is 6. The topological polar surface area (TPSA) is 84.5 Å². The van der Waals surface area contributed by atoms with Gasteiger partial charge in [0.15, 0.2) is 0 Å². The van der Waals surface area contributed by atoms with Crippen molar-refractivity contribution in [1.29, 1.82) is 0 Å². The van der Waals surface area contributed by atoms with Gasteiger partial charge in [-0.05, 0) is 32.6 Å². The summed E-state index contributed by atoms with van der Waals surface area (Å²) in [4.78, 5) is 11.2. The zero-order valence-electron chi connectivity index (χ0n) is 11.2. The maximum absolute atomic E-state index is 11.9. The molecule has 0 aromatic heterocycles. The molecule has 0 radical (unpaired) electrons. The summed E-state index contributed by atoms with van der Waals surface area (Å²) in [6.07, 6.45) is 3.86. The van der Waals surface area contributed by atoms with Crippen molar-refractivity contribution in [3.8, 4) is 0 Å². The van der Waals surface area contributed by atoms with Crippen LogP contribution in [0.3, 0.4) is 0 Å². The van der Waals surface area contributed by atoms with Crippen LogP contribution in [0.15, 0.2) is 0 Å². The quantitative estimate of drug-likeness (QED) is 0.680. The SMILES string of the molecule is CCOC(=O)CCS(=O)(=O)NC1CC2CCC(C1)N2. The Morgan fingerprint density at radius 1 is 1.32 bits per heavy atom. The van der Waals surface area contributed by atoms with E-state index in [1.165, 1.54) is 0 Å². The Labute approximate surface area is 114 Å². The fourth-order valence-electron chi connectivity index (χ4n) is 2.92. The number of hydrogen-bond acceptors (Lipinski definition) is 5. The fourth-order valence-corrected chi connectivity index (χ4v) is 4.17. The highest BCUT2D eigenvalue weighted by molar-refractivity contribution is 7.89. The van der Waals surface area contributed by atoms with Gasteiger partial charge >= 0.3 is 5.97 Å². The van der Waals surface area contributed by atoms with Gasteiger partial charge in [0.2, 0.25) is 10.0 Å². The standard InChI is InChI=1S/C12H22N2O4S/c1-2-18-12(15)5-6-19(16,17)14-11-7-9-3-4-10(8-11)13-9/h9-11,13-14H,2-8H2,1H3. The molecule has 2 atom stereocenters. The van der Waals surface area contributed by atoms with Crippen LogP contribution >= 0.6 is 0 Å². The Hall–Kier alpha value is -0.660. The van der Waals surface area contributed by atoms with Crippen molar-refractivity contribution < 1.29 is 17.9 Å². The normalized spacial score (nSPS) is 30.3. The van der Waals surface area contributed by atoms with Crippen LogP contribution in [-0.4, -0.2) is 44.9 Å². The molecule has 6 nitrogen and oxygen atoms in total. The lowest BCUT2D eigenvalue weighted by atomic mass is 10.0. The summed E-state index contributed by atoms with van der Waals surface area (Å²) in [5.41, 5.74) is 0. The molecule has 0 aromatic carbocycles. The molecule has 2 fully saturated rings. The van der Waals surface area contributed by atoms with Gasteiger partial charge in [0.25, 0.3) is 0 Å². The number of nitrogens with one attached hydrogen (secondary N) is 2. The van der Waals surface area contributed by atoms with Crippen molar-refractivity contribution in [2.75, 3.05) is 12.4 Å². The molecule has 7 heteroatoms. The van der Waals surface area contributed by atoms with Crippen molar-refractivity contribution in [1.82, 2.24) is 10.0 Å². The summed E-state index contributed by atoms with van der Waals surface area (Å²) in [6, 6.07) is 0.888. The highest BCUT2D eigenvalue weighted by atomic mass is 32.2. The van der Waals surface area contributed by atoms with Crippen molar-refractivity contribution >= 4 is 16.0 Å². The van der Waals surface area contributed by atoms with Gasteiger partial charge in [-0.25, -0.2) is 13.1 Å². The van der Waals surface area contributed by atoms with Gasteiger partial charge in [-0.15, -0.1) is 0 Å². The molecule has 110 valence electrons. The maximum Gasteiger partial charge on any atom is 0.306 e. The lowest BCUT2D eigenvalue weighted by Crippen LogP contribution is -2.48. The van der Waals surface area contributed by atoms with Crippen LogP contribution in [0.25, 0.3) is 0 Å². The molecule has 0 saturated carbocycles. The monoisotopic (exact) mass is 290 g/mol. The van der Waals surface area contributed by atoms with Gasteiger partial charge in [0.1, 0.15) is 0 Å². The van der Waals surface area contributed by atoms with Gasteiger partial charge in [-0.2, -0.15) is 0 Å². The van der Waals surface area contributed by atoms with E-state index in [1.807, 2.05) is 0 Å². The minimum atomic E-state index is -3.39. The Bertz CT molecular complexity index is 411. The molecule has 2 bridgehead atoms. The van der Waals surface area contributed by atoms with Crippen molar-refractivity contribution in [2.45, 2.75) is 57.2 Å². The Balaban J connectivity index is 1.79. The van der Waals surface area contributed by atoms with Crippen LogP contribution in [0, 0.1) is 0 Å². The second-order valence-corrected chi connectivity index (χ2v) is 7.17. The van der Waals surface area contributed by atoms with Gasteiger partial charge < -0.3 is 10.1 Å². The average molecular weight is 290 g/mol. The molecule has 2 unspecified atom stereocenters. The minimum absolute atomic E-state index is 0.00551. The second kappa shape index (κ2) is 6.19. The number of piperidine rings is 1. The van der Waals surface area contributed by atoms with Gasteiger partial charge in [0.05, 0.1) is 18.8 Å². The smallest absolute Gasteiger partial charge is 0.306 e. The molecule has 2 aliphatic rings. The van der Waals surface area contributed by atoms with E-state index in [0.717, 1.165) is 25.7 Å². The second-order valence-electron chi connectivity index (χ2n) is 5.30. The minimum Gasteiger partial charge on any atom is -0.466 e. The summed E-state index contributed by atoms with van der Waals surface area (Å²) < 4.78 is 31.3. The van der Waals surface area contributed by atoms with Crippen LogP contribution in [0.5, 0.6) is 0 Å². The first kappa shape index (κ1) is 14.7. The Kier molecular flexibility index (Phi) is 4.81. The summed E-state index contributed by atoms with van der Waals surface area (Å²) in [7, 11) is -3.39. The molecule has 0 aromatic rings. The third-order valence-electron chi connectivity index (χ3n) is 3.70. The van der Waals surface area contributed by atoms with E-state index in [4.69, 9.17) is 4.74 Å². The third-order valence-corrected chi connectivity index (χ3v) is 5.13. The number of carbonyl (C=O) groups excluding carboxylic acids is 1. The first-order chi connectivity index (χ1) is 8.98. The highest BCUT2D eigenvalue weighted by Gasteiger charge is 2.35. The Morgan fingerprint density at radius 2 is 1.95 bits per heavy atom. The van der Waals surface area contributed by atoms with Gasteiger partial charge in [-0.1, -0.05) is 0 Å². The fraction of sp³-hybridized carbons (Fsp3) is 0.917. The summed E-state index contributed by atoms with van der Waals surface area (Å²) in [5, 5.41) is 3.46. The zero-order valence-corrected chi connectivity index (χ0v) is 12.0. The summed E-state index contributed by atoms with van der Waals surface area (Å²) >= 11 is 0. The zero-order chi connectivity index (χ0) is 13.9. The number of carbonyl (C=O) groups is 1. The maximum atomic E-state index is 11.9. The molecular formula is C12H22N2O4S. The predicted molar refractivity (Wildman–Crippen MR) is 71.1 cm³/mol. The largest absolute Gasteiger partial charge is 0.466 e. The van der Waals surface area contributed by atoms with Crippen LogP contribution in [0.1, 0.15) is 39.0 Å². The molecule has 0 spiro atoms. The summed E-state index contributed by atoms with van der Waals surface area (Å²) in [6.45, 7) is 1.99. The van der Waals surface area contributed by atoms with E-state index < -0.39 is 16.0 Å². The van der Waals surface area contributed by atoms with Crippen molar-refractivity contribution in [3.63, 3.8) is 0 Å². The number of ether oxygens (including phenoxy) is 1. The lowest BCUT2D eigenvalue weighted by Gasteiger charge is -2.29. The summed E-state index contributed by atoms with van der Waals surface area (Å²) in [5.74, 6) is -0.649. The van der Waals surface area contributed by atoms with E-state index in [-0.39, 0.29) is 24.8 Å². The van der Waals surface area contributed by atoms with Crippen LogP contribution in [-0.2, 0) is 19.6 Å². The molecular weight excluding hydrogens is 268 g/mol. The van der Waals surface area contributed by atoms with Crippen molar-refractivity contribution in [3.05, 3.63) is 0 Å². The molecule has 0 amide bonds. The lowest BCUT2D eigenvalue weighted by molar-refractivity contribution is -0.142. The van der Waals surface area contributed by atoms with E-state index >= 15 is 0 Å². The molecule has 2 N–H and O–H groups in total. The van der Waals surface area contributed by atoms with Crippen LogP contribution < -0.4 is 10.0 Å². The molecule has 2 heterocycles. The molecule has 2 rings (SSSR count). The Morgan fingerprint density at radius 3 is 2.53 bits per heavy atom. The molecule has 0 aliphatic carbocycles. The van der Waals surface area contributed by atoms with Crippen LogP contribution in [0.4, 0.5) is 0 Å². The number of fused-ring (bicyclic) bond motifs is 2. The first-order valence-electron chi connectivity index (χ1n) is 6.90. The third kappa shape index (κ3) is 4.43. The van der Waals surface area contributed by atoms with E-state index in [1.54, 1.807) is 6.92 Å². The predicted octanol–water partition coefficient (Wildman–Crippen LogP) is 0.142. The number of esters is 1. The number of hydrogen-bond donors (Lipinski definition) is 2. The van der Waals surface area contributed by atoms with E-state index in [9.17, 15) is 13.2 Å². The molecule has 19 heavy (non-hydrogen) atoms. The van der Waals surface area contributed by atoms with E-state index in [2.05, 4.69) is 10.0 Å².